The van der Waals surface area contributed by atoms with Crippen molar-refractivity contribution in [1.82, 2.24) is 0 Å². The molecule has 0 unspecified atom stereocenters. The zero-order valence-corrected chi connectivity index (χ0v) is 10.9. The van der Waals surface area contributed by atoms with Crippen LogP contribution in [0.3, 0.4) is 0 Å². The largest absolute Gasteiger partial charge is 0.478 e. The van der Waals surface area contributed by atoms with E-state index in [-0.39, 0.29) is 11.3 Å². The SMILES string of the molecule is C=CCc1ccc(C(=O)c2ccc(C(=O)O)cc2)cc1. The summed E-state index contributed by atoms with van der Waals surface area (Å²) in [5.41, 5.74) is 2.33. The molecule has 0 saturated carbocycles. The van der Waals surface area contributed by atoms with Gasteiger partial charge in [-0.3, -0.25) is 4.79 Å². The maximum atomic E-state index is 12.2. The van der Waals surface area contributed by atoms with Gasteiger partial charge in [-0.25, -0.2) is 4.79 Å². The summed E-state index contributed by atoms with van der Waals surface area (Å²) in [7, 11) is 0. The molecule has 0 heterocycles. The molecule has 3 heteroatoms. The third kappa shape index (κ3) is 3.01. The topological polar surface area (TPSA) is 54.4 Å². The highest BCUT2D eigenvalue weighted by molar-refractivity contribution is 6.09. The smallest absolute Gasteiger partial charge is 0.335 e. The van der Waals surface area contributed by atoms with Crippen LogP contribution in [0.15, 0.2) is 61.2 Å². The van der Waals surface area contributed by atoms with Crippen LogP contribution in [0, 0.1) is 0 Å². The fourth-order valence-corrected chi connectivity index (χ4v) is 1.89. The summed E-state index contributed by atoms with van der Waals surface area (Å²) in [6.45, 7) is 3.67. The zero-order valence-electron chi connectivity index (χ0n) is 10.9. The monoisotopic (exact) mass is 266 g/mol. The molecule has 0 atom stereocenters. The van der Waals surface area contributed by atoms with E-state index in [1.165, 1.54) is 24.3 Å². The van der Waals surface area contributed by atoms with Gasteiger partial charge in [-0.05, 0) is 24.1 Å². The molecule has 0 bridgehead atoms. The molecule has 3 nitrogen and oxygen atoms in total. The third-order valence-electron chi connectivity index (χ3n) is 2.99. The van der Waals surface area contributed by atoms with Gasteiger partial charge >= 0.3 is 5.97 Å². The highest BCUT2D eigenvalue weighted by atomic mass is 16.4. The number of carbonyl (C=O) groups is 2. The van der Waals surface area contributed by atoms with E-state index in [9.17, 15) is 9.59 Å². The molecule has 0 aliphatic carbocycles. The Hall–Kier alpha value is -2.68. The Morgan fingerprint density at radius 1 is 0.900 bits per heavy atom. The predicted molar refractivity (Wildman–Crippen MR) is 77.2 cm³/mol. The van der Waals surface area contributed by atoms with Gasteiger partial charge < -0.3 is 5.11 Å². The first-order valence-corrected chi connectivity index (χ1v) is 6.19. The van der Waals surface area contributed by atoms with Crippen LogP contribution in [0.1, 0.15) is 31.8 Å². The normalized spacial score (nSPS) is 10.0. The molecule has 0 amide bonds. The summed E-state index contributed by atoms with van der Waals surface area (Å²) >= 11 is 0. The van der Waals surface area contributed by atoms with E-state index in [2.05, 4.69) is 6.58 Å². The number of rotatable bonds is 5. The van der Waals surface area contributed by atoms with Crippen LogP contribution in [0.2, 0.25) is 0 Å². The van der Waals surface area contributed by atoms with Crippen molar-refractivity contribution in [3.05, 3.63) is 83.4 Å². The van der Waals surface area contributed by atoms with E-state index in [0.717, 1.165) is 12.0 Å². The highest BCUT2D eigenvalue weighted by Gasteiger charge is 2.10. The van der Waals surface area contributed by atoms with Crippen LogP contribution < -0.4 is 0 Å². The lowest BCUT2D eigenvalue weighted by Gasteiger charge is -2.03. The van der Waals surface area contributed by atoms with Gasteiger partial charge in [0.2, 0.25) is 0 Å². The predicted octanol–water partition coefficient (Wildman–Crippen LogP) is 3.34. The summed E-state index contributed by atoms with van der Waals surface area (Å²) in [5.74, 6) is -1.12. The number of carbonyl (C=O) groups excluding carboxylic acids is 1. The van der Waals surface area contributed by atoms with Crippen LogP contribution in [0.25, 0.3) is 0 Å². The number of benzene rings is 2. The average Bonchev–Trinajstić information content (AvgIpc) is 2.48. The summed E-state index contributed by atoms with van der Waals surface area (Å²) in [4.78, 5) is 23.0. The van der Waals surface area contributed by atoms with Gasteiger partial charge in [0.1, 0.15) is 0 Å². The van der Waals surface area contributed by atoms with E-state index in [4.69, 9.17) is 5.11 Å². The number of hydrogen-bond donors (Lipinski definition) is 1. The Balaban J connectivity index is 2.21. The van der Waals surface area contributed by atoms with Crippen molar-refractivity contribution in [3.63, 3.8) is 0 Å². The standard InChI is InChI=1S/C17H14O3/c1-2-3-12-4-6-13(7-5-12)16(18)14-8-10-15(11-9-14)17(19)20/h2,4-11H,1,3H2,(H,19,20). The van der Waals surface area contributed by atoms with Gasteiger partial charge in [0.15, 0.2) is 5.78 Å². The maximum absolute atomic E-state index is 12.2. The molecule has 2 rings (SSSR count). The van der Waals surface area contributed by atoms with Gasteiger partial charge in [-0.2, -0.15) is 0 Å². The Morgan fingerprint density at radius 2 is 1.35 bits per heavy atom. The van der Waals surface area contributed by atoms with E-state index in [0.29, 0.717) is 11.1 Å². The van der Waals surface area contributed by atoms with Crippen LogP contribution in [0.4, 0.5) is 0 Å². The van der Waals surface area contributed by atoms with E-state index < -0.39 is 5.97 Å². The van der Waals surface area contributed by atoms with Gasteiger partial charge in [0.25, 0.3) is 0 Å². The lowest BCUT2D eigenvalue weighted by Crippen LogP contribution is -2.03. The van der Waals surface area contributed by atoms with Crippen molar-refractivity contribution in [2.75, 3.05) is 0 Å². The molecule has 1 N–H and O–H groups in total. The molecule has 0 aliphatic heterocycles. The quantitative estimate of drug-likeness (QED) is 0.667. The lowest BCUT2D eigenvalue weighted by atomic mass is 10.0. The van der Waals surface area contributed by atoms with Gasteiger partial charge in [0, 0.05) is 11.1 Å². The number of carboxylic acids is 1. The summed E-state index contributed by atoms with van der Waals surface area (Å²) in [5, 5.41) is 8.82. The molecule has 100 valence electrons. The summed E-state index contributed by atoms with van der Waals surface area (Å²) in [6.07, 6.45) is 2.57. The van der Waals surface area contributed by atoms with Crippen LogP contribution >= 0.6 is 0 Å². The molecule has 2 aromatic carbocycles. The highest BCUT2D eigenvalue weighted by Crippen LogP contribution is 2.13. The molecule has 0 aliphatic rings. The number of carboxylic acid groups (broad SMARTS) is 1. The second-order valence-corrected chi connectivity index (χ2v) is 4.40. The van der Waals surface area contributed by atoms with Gasteiger partial charge in [-0.15, -0.1) is 6.58 Å². The summed E-state index contributed by atoms with van der Waals surface area (Å²) < 4.78 is 0. The van der Waals surface area contributed by atoms with E-state index >= 15 is 0 Å². The Bertz CT molecular complexity index is 637. The Labute approximate surface area is 117 Å². The number of allylic oxidation sites excluding steroid dienone is 1. The number of hydrogen-bond acceptors (Lipinski definition) is 2. The molecule has 0 saturated heterocycles. The van der Waals surface area contributed by atoms with E-state index in [1.807, 2.05) is 12.1 Å². The fraction of sp³-hybridized carbons (Fsp3) is 0.0588. The second-order valence-electron chi connectivity index (χ2n) is 4.40. The molecule has 0 radical (unpaired) electrons. The van der Waals surface area contributed by atoms with Crippen molar-refractivity contribution in [2.45, 2.75) is 6.42 Å². The molecular formula is C17H14O3. The molecule has 0 aromatic heterocycles. The van der Waals surface area contributed by atoms with Crippen LogP contribution in [-0.2, 0) is 6.42 Å². The van der Waals surface area contributed by atoms with Crippen LogP contribution in [0.5, 0.6) is 0 Å². The first-order valence-electron chi connectivity index (χ1n) is 6.19. The van der Waals surface area contributed by atoms with E-state index in [1.54, 1.807) is 18.2 Å². The molecule has 0 spiro atoms. The second kappa shape index (κ2) is 5.97. The van der Waals surface area contributed by atoms with Crippen molar-refractivity contribution < 1.29 is 14.7 Å². The zero-order chi connectivity index (χ0) is 14.5. The third-order valence-corrected chi connectivity index (χ3v) is 2.99. The van der Waals surface area contributed by atoms with Crippen molar-refractivity contribution in [1.29, 1.82) is 0 Å². The van der Waals surface area contributed by atoms with Gasteiger partial charge in [-0.1, -0.05) is 42.5 Å². The fourth-order valence-electron chi connectivity index (χ4n) is 1.89. The minimum Gasteiger partial charge on any atom is -0.478 e. The molecule has 20 heavy (non-hydrogen) atoms. The first kappa shape index (κ1) is 13.7. The summed E-state index contributed by atoms with van der Waals surface area (Å²) in [6, 6.07) is 13.2. The lowest BCUT2D eigenvalue weighted by molar-refractivity contribution is 0.0696. The molecule has 0 fully saturated rings. The minimum absolute atomic E-state index is 0.118. The first-order chi connectivity index (χ1) is 9.61. The maximum Gasteiger partial charge on any atom is 0.335 e. The number of aromatic carboxylic acids is 1. The Morgan fingerprint density at radius 3 is 1.80 bits per heavy atom. The van der Waals surface area contributed by atoms with Crippen LogP contribution in [-0.4, -0.2) is 16.9 Å². The average molecular weight is 266 g/mol. The van der Waals surface area contributed by atoms with Crippen molar-refractivity contribution in [3.8, 4) is 0 Å². The van der Waals surface area contributed by atoms with Gasteiger partial charge in [0.05, 0.1) is 5.56 Å². The van der Waals surface area contributed by atoms with Crippen molar-refractivity contribution in [2.24, 2.45) is 0 Å². The molecule has 2 aromatic rings. The van der Waals surface area contributed by atoms with Crippen molar-refractivity contribution >= 4 is 11.8 Å². The Kier molecular flexibility index (Phi) is 4.11. The number of ketones is 1. The molecular weight excluding hydrogens is 252 g/mol. The minimum atomic E-state index is -1.00.